The van der Waals surface area contributed by atoms with Crippen molar-refractivity contribution in [2.24, 2.45) is 0 Å². The predicted molar refractivity (Wildman–Crippen MR) is 29.3 cm³/mol. The van der Waals surface area contributed by atoms with Crippen LogP contribution in [0.3, 0.4) is 0 Å². The second kappa shape index (κ2) is 2.01. The molecular formula is C3N6O2. The van der Waals surface area contributed by atoms with Gasteiger partial charge in [0.2, 0.25) is 5.52 Å². The molecule has 0 unspecified atom stereocenters. The van der Waals surface area contributed by atoms with Crippen molar-refractivity contribution in [3.8, 4) is 0 Å². The summed E-state index contributed by atoms with van der Waals surface area (Å²) in [6, 6.07) is 0. The smallest absolute Gasteiger partial charge is 0.314 e. The summed E-state index contributed by atoms with van der Waals surface area (Å²) < 4.78 is 4.46. The first-order chi connectivity index (χ1) is 5.38. The van der Waals surface area contributed by atoms with Gasteiger partial charge in [0.1, 0.15) is 0 Å². The summed E-state index contributed by atoms with van der Waals surface area (Å²) in [6.45, 7) is 0. The van der Waals surface area contributed by atoms with Crippen LogP contribution < -0.4 is 5.56 Å². The molecular weight excluding hydrogens is 152 g/mol. The lowest BCUT2D eigenvalue weighted by Crippen LogP contribution is -2.11. The number of rotatable bonds is 0. The third-order valence-electron chi connectivity index (χ3n) is 0.984. The van der Waals surface area contributed by atoms with E-state index in [9.17, 15) is 4.79 Å². The van der Waals surface area contributed by atoms with Gasteiger partial charge in [0.05, 0.1) is 0 Å². The first-order valence-corrected chi connectivity index (χ1v) is 2.56. The second-order valence-electron chi connectivity index (χ2n) is 1.61. The van der Waals surface area contributed by atoms with Gasteiger partial charge in [0.25, 0.3) is 0 Å². The van der Waals surface area contributed by atoms with Gasteiger partial charge in [-0.25, -0.2) is 0 Å². The van der Waals surface area contributed by atoms with Gasteiger partial charge in [-0.1, -0.05) is 10.2 Å². The standard InChI is InChI=1S/C3N6O2/c10-2-1-3(11-9-5-2)6-8-7-4-1. The monoisotopic (exact) mass is 152 g/mol. The van der Waals surface area contributed by atoms with Crippen LogP contribution in [0.25, 0.3) is 11.2 Å². The Kier molecular flexibility index (Phi) is 1.05. The van der Waals surface area contributed by atoms with Crippen LogP contribution in [0, 0.1) is 0 Å². The number of fused-ring (bicyclic) bond motifs is 1. The van der Waals surface area contributed by atoms with Gasteiger partial charge in [-0.2, -0.15) is 0 Å². The van der Waals surface area contributed by atoms with Crippen LogP contribution in [-0.4, -0.2) is 31.0 Å². The molecule has 0 amide bonds. The molecule has 0 saturated carbocycles. The zero-order valence-corrected chi connectivity index (χ0v) is 5.00. The van der Waals surface area contributed by atoms with Crippen molar-refractivity contribution in [1.29, 1.82) is 0 Å². The second-order valence-corrected chi connectivity index (χ2v) is 1.61. The Morgan fingerprint density at radius 3 is 2.73 bits per heavy atom. The van der Waals surface area contributed by atoms with E-state index in [0.29, 0.717) is 0 Å². The average Bonchev–Trinajstić information content (AvgIpc) is 2.06. The van der Waals surface area contributed by atoms with Gasteiger partial charge in [-0.3, -0.25) is 4.79 Å². The summed E-state index contributed by atoms with van der Waals surface area (Å²) in [5, 5.41) is 19.0. The van der Waals surface area contributed by atoms with E-state index in [2.05, 4.69) is 35.5 Å². The van der Waals surface area contributed by atoms with E-state index in [1.54, 1.807) is 0 Å². The van der Waals surface area contributed by atoms with Crippen LogP contribution in [0.4, 0.5) is 0 Å². The number of hydrogen-bond acceptors (Lipinski definition) is 8. The molecule has 0 fully saturated rings. The minimum absolute atomic E-state index is 0.0694. The quantitative estimate of drug-likeness (QED) is 0.433. The molecule has 0 aliphatic carbocycles. The highest BCUT2D eigenvalue weighted by molar-refractivity contribution is 5.62. The Morgan fingerprint density at radius 1 is 1.09 bits per heavy atom. The highest BCUT2D eigenvalue weighted by atomic mass is 16.5. The zero-order valence-electron chi connectivity index (χ0n) is 5.00. The fourth-order valence-electron chi connectivity index (χ4n) is 0.555. The van der Waals surface area contributed by atoms with Crippen LogP contribution in [0.5, 0.6) is 0 Å². The van der Waals surface area contributed by atoms with E-state index < -0.39 is 5.56 Å². The first kappa shape index (κ1) is 5.77. The van der Waals surface area contributed by atoms with Gasteiger partial charge < -0.3 is 4.52 Å². The summed E-state index contributed by atoms with van der Waals surface area (Å²) in [6.07, 6.45) is 0. The maximum absolute atomic E-state index is 10.8. The Balaban J connectivity index is 3.03. The Labute approximate surface area is 58.2 Å². The SMILES string of the molecule is O=c1nnoc2nnnnc12. The van der Waals surface area contributed by atoms with Crippen molar-refractivity contribution < 1.29 is 4.52 Å². The summed E-state index contributed by atoms with van der Waals surface area (Å²) >= 11 is 0. The van der Waals surface area contributed by atoms with Gasteiger partial charge in [0, 0.05) is 5.27 Å². The lowest BCUT2D eigenvalue weighted by Gasteiger charge is -1.84. The van der Waals surface area contributed by atoms with Crippen LogP contribution in [0.1, 0.15) is 0 Å². The number of aromatic nitrogens is 6. The number of hydrogen-bond donors (Lipinski definition) is 0. The van der Waals surface area contributed by atoms with Crippen molar-refractivity contribution >= 4 is 11.2 Å². The van der Waals surface area contributed by atoms with Crippen LogP contribution in [0.15, 0.2) is 9.32 Å². The lowest BCUT2D eigenvalue weighted by atomic mass is 10.6. The molecule has 2 heterocycles. The first-order valence-electron chi connectivity index (χ1n) is 2.56. The Morgan fingerprint density at radius 2 is 1.91 bits per heavy atom. The maximum atomic E-state index is 10.8. The van der Waals surface area contributed by atoms with E-state index in [1.165, 1.54) is 0 Å². The highest BCUT2D eigenvalue weighted by Crippen LogP contribution is 1.92. The fraction of sp³-hybridized carbons (Fsp3) is 0. The molecule has 2 rings (SSSR count). The van der Waals surface area contributed by atoms with Gasteiger partial charge in [-0.05, 0) is 10.4 Å². The molecule has 0 aromatic carbocycles. The van der Waals surface area contributed by atoms with Gasteiger partial charge in [-0.15, -0.1) is 5.10 Å². The fourth-order valence-corrected chi connectivity index (χ4v) is 0.555. The highest BCUT2D eigenvalue weighted by Gasteiger charge is 2.04. The molecule has 0 aliphatic heterocycles. The van der Waals surface area contributed by atoms with Crippen LogP contribution in [-0.2, 0) is 0 Å². The van der Waals surface area contributed by atoms with Crippen LogP contribution in [0.2, 0.25) is 0 Å². The predicted octanol–water partition coefficient (Wildman–Crippen LogP) is -1.84. The van der Waals surface area contributed by atoms with Crippen molar-refractivity contribution in [2.45, 2.75) is 0 Å². The molecule has 0 atom stereocenters. The summed E-state index contributed by atoms with van der Waals surface area (Å²) in [5.41, 5.74) is -0.774. The van der Waals surface area contributed by atoms with Crippen LogP contribution >= 0.6 is 0 Å². The average molecular weight is 152 g/mol. The molecule has 8 heteroatoms. The van der Waals surface area contributed by atoms with Crippen molar-refractivity contribution in [3.63, 3.8) is 0 Å². The van der Waals surface area contributed by atoms with Gasteiger partial charge >= 0.3 is 11.3 Å². The topological polar surface area (TPSA) is 108 Å². The lowest BCUT2D eigenvalue weighted by molar-refractivity contribution is 0.381. The van der Waals surface area contributed by atoms with E-state index in [-0.39, 0.29) is 11.2 Å². The molecule has 0 saturated heterocycles. The van der Waals surface area contributed by atoms with E-state index >= 15 is 0 Å². The van der Waals surface area contributed by atoms with Crippen molar-refractivity contribution in [1.82, 2.24) is 31.0 Å². The largest absolute Gasteiger partial charge is 0.324 e. The molecule has 0 aliphatic rings. The molecule has 0 radical (unpaired) electrons. The Bertz CT molecular complexity index is 432. The number of nitrogens with zero attached hydrogens (tertiary/aromatic N) is 6. The van der Waals surface area contributed by atoms with E-state index in [4.69, 9.17) is 0 Å². The summed E-state index contributed by atoms with van der Waals surface area (Å²) in [7, 11) is 0. The third kappa shape index (κ3) is 0.801. The third-order valence-corrected chi connectivity index (χ3v) is 0.984. The molecule has 0 spiro atoms. The van der Waals surface area contributed by atoms with Crippen molar-refractivity contribution in [3.05, 3.63) is 10.4 Å². The normalized spacial score (nSPS) is 10.2. The minimum atomic E-state index is -0.631. The zero-order chi connectivity index (χ0) is 7.68. The maximum Gasteiger partial charge on any atom is 0.324 e. The molecule has 0 bridgehead atoms. The van der Waals surface area contributed by atoms with Gasteiger partial charge in [0.15, 0.2) is 0 Å². The molecule has 0 N–H and O–H groups in total. The summed E-state index contributed by atoms with van der Waals surface area (Å²) in [5.74, 6) is 0. The molecule has 2 aromatic rings. The van der Waals surface area contributed by atoms with Crippen molar-refractivity contribution in [2.75, 3.05) is 0 Å². The van der Waals surface area contributed by atoms with E-state index in [1.807, 2.05) is 0 Å². The molecule has 11 heavy (non-hydrogen) atoms. The molecule has 8 nitrogen and oxygen atoms in total. The Hall–Kier alpha value is -1.99. The molecule has 2 aromatic heterocycles. The van der Waals surface area contributed by atoms with E-state index in [0.717, 1.165) is 0 Å². The molecule has 54 valence electrons. The minimum Gasteiger partial charge on any atom is -0.314 e. The summed E-state index contributed by atoms with van der Waals surface area (Å²) in [4.78, 5) is 10.8.